The largest absolute Gasteiger partial charge is 0.340 e. The number of hydrogen-bond acceptors (Lipinski definition) is 4. The highest BCUT2D eigenvalue weighted by Crippen LogP contribution is 2.30. The van der Waals surface area contributed by atoms with Crippen LogP contribution in [-0.2, 0) is 11.3 Å². The number of rotatable bonds is 5. The molecule has 0 aliphatic carbocycles. The predicted octanol–water partition coefficient (Wildman–Crippen LogP) is 4.20. The summed E-state index contributed by atoms with van der Waals surface area (Å²) in [6.07, 6.45) is 1.90. The van der Waals surface area contributed by atoms with Crippen LogP contribution in [0.25, 0.3) is 22.2 Å². The second kappa shape index (κ2) is 8.07. The number of carbonyl (C=O) groups is 1. The molecule has 6 nitrogen and oxygen atoms in total. The van der Waals surface area contributed by atoms with E-state index in [0.29, 0.717) is 35.2 Å². The highest BCUT2D eigenvalue weighted by molar-refractivity contribution is 5.83. The van der Waals surface area contributed by atoms with E-state index in [9.17, 15) is 18.0 Å². The molecule has 5 rings (SSSR count). The zero-order valence-electron chi connectivity index (χ0n) is 16.8. The van der Waals surface area contributed by atoms with E-state index < -0.39 is 17.8 Å². The maximum Gasteiger partial charge on any atom is 0.266 e. The van der Waals surface area contributed by atoms with E-state index in [0.717, 1.165) is 17.8 Å². The van der Waals surface area contributed by atoms with Crippen LogP contribution in [0.4, 0.5) is 13.2 Å². The molecule has 0 spiro atoms. The van der Waals surface area contributed by atoms with Crippen molar-refractivity contribution in [1.29, 1.82) is 0 Å². The molecular formula is C23H18F3N5O. The molecule has 0 N–H and O–H groups in total. The van der Waals surface area contributed by atoms with Gasteiger partial charge < -0.3 is 4.90 Å². The van der Waals surface area contributed by atoms with E-state index >= 15 is 0 Å². The van der Waals surface area contributed by atoms with Gasteiger partial charge in [-0.15, -0.1) is 0 Å². The van der Waals surface area contributed by atoms with Gasteiger partial charge in [-0.1, -0.05) is 12.1 Å². The maximum absolute atomic E-state index is 13.6. The van der Waals surface area contributed by atoms with Gasteiger partial charge in [-0.2, -0.15) is 5.10 Å². The van der Waals surface area contributed by atoms with Crippen LogP contribution in [0.1, 0.15) is 23.6 Å². The van der Waals surface area contributed by atoms with Crippen LogP contribution in [0.2, 0.25) is 0 Å². The van der Waals surface area contributed by atoms with Crippen LogP contribution in [0.3, 0.4) is 0 Å². The molecular weight excluding hydrogens is 419 g/mol. The van der Waals surface area contributed by atoms with Gasteiger partial charge in [-0.3, -0.25) is 19.4 Å². The fraction of sp³-hybridized carbons (Fsp3) is 0.217. The second-order valence-electron chi connectivity index (χ2n) is 7.72. The summed E-state index contributed by atoms with van der Waals surface area (Å²) in [6, 6.07) is 11.0. The number of fused-ring (bicyclic) bond motifs is 1. The molecule has 0 atom stereocenters. The number of carbonyl (C=O) groups excluding carboxylic acids is 1. The lowest BCUT2D eigenvalue weighted by atomic mass is 9.95. The summed E-state index contributed by atoms with van der Waals surface area (Å²) in [5.41, 5.74) is 2.43. The van der Waals surface area contributed by atoms with E-state index in [1.807, 2.05) is 18.2 Å². The smallest absolute Gasteiger partial charge is 0.266 e. The number of hydrogen-bond donors (Lipinski definition) is 0. The van der Waals surface area contributed by atoms with Gasteiger partial charge in [0.15, 0.2) is 0 Å². The van der Waals surface area contributed by atoms with E-state index in [1.54, 1.807) is 28.0 Å². The van der Waals surface area contributed by atoms with Crippen molar-refractivity contribution in [3.05, 3.63) is 78.1 Å². The lowest BCUT2D eigenvalue weighted by Crippen LogP contribution is -2.49. The van der Waals surface area contributed by atoms with Crippen LogP contribution >= 0.6 is 0 Å². The van der Waals surface area contributed by atoms with Gasteiger partial charge in [-0.25, -0.2) is 13.2 Å². The standard InChI is InChI=1S/C23H18F3N5O/c24-18-5-4-14(7-17(18)23(25)26)15-8-21-20(28-9-15)10-29-31(21)13-22(32)30-11-16(12-30)19-3-1-2-6-27-19/h1-10,16,23H,11-13H2. The van der Waals surface area contributed by atoms with Crippen LogP contribution in [0.15, 0.2) is 61.1 Å². The molecule has 0 saturated carbocycles. The molecule has 1 aliphatic heterocycles. The normalized spacial score (nSPS) is 14.2. The quantitative estimate of drug-likeness (QED) is 0.470. The zero-order valence-corrected chi connectivity index (χ0v) is 16.8. The summed E-state index contributed by atoms with van der Waals surface area (Å²) in [5, 5.41) is 4.26. The third-order valence-corrected chi connectivity index (χ3v) is 5.68. The Hall–Kier alpha value is -3.75. The van der Waals surface area contributed by atoms with Gasteiger partial charge in [0, 0.05) is 42.7 Å². The fourth-order valence-electron chi connectivity index (χ4n) is 3.85. The number of aromatic nitrogens is 4. The molecule has 4 aromatic rings. The van der Waals surface area contributed by atoms with Crippen LogP contribution in [0.5, 0.6) is 0 Å². The van der Waals surface area contributed by atoms with E-state index in [-0.39, 0.29) is 18.4 Å². The zero-order chi connectivity index (χ0) is 22.2. The van der Waals surface area contributed by atoms with E-state index in [4.69, 9.17) is 0 Å². The minimum absolute atomic E-state index is 0.0370. The van der Waals surface area contributed by atoms with E-state index in [1.165, 1.54) is 12.3 Å². The van der Waals surface area contributed by atoms with Gasteiger partial charge in [0.05, 0.1) is 17.3 Å². The van der Waals surface area contributed by atoms with Gasteiger partial charge in [-0.05, 0) is 35.9 Å². The molecule has 0 bridgehead atoms. The number of likely N-dealkylation sites (tertiary alicyclic amines) is 1. The van der Waals surface area contributed by atoms with Crippen molar-refractivity contribution in [3.63, 3.8) is 0 Å². The summed E-state index contributed by atoms with van der Waals surface area (Å²) in [4.78, 5) is 23.1. The number of alkyl halides is 2. The van der Waals surface area contributed by atoms with Crippen molar-refractivity contribution in [2.75, 3.05) is 13.1 Å². The Morgan fingerprint density at radius 2 is 1.91 bits per heavy atom. The second-order valence-corrected chi connectivity index (χ2v) is 7.72. The van der Waals surface area contributed by atoms with Crippen LogP contribution in [-0.4, -0.2) is 43.6 Å². The fourth-order valence-corrected chi connectivity index (χ4v) is 3.85. The molecule has 1 saturated heterocycles. The highest BCUT2D eigenvalue weighted by Gasteiger charge is 2.32. The third-order valence-electron chi connectivity index (χ3n) is 5.68. The minimum atomic E-state index is -2.92. The lowest BCUT2D eigenvalue weighted by molar-refractivity contribution is -0.136. The number of benzene rings is 1. The summed E-state index contributed by atoms with van der Waals surface area (Å²) >= 11 is 0. The molecule has 1 amide bonds. The Labute approximate surface area is 181 Å². The molecule has 0 unspecified atom stereocenters. The Balaban J connectivity index is 1.35. The monoisotopic (exact) mass is 437 g/mol. The van der Waals surface area contributed by atoms with Crippen molar-refractivity contribution >= 4 is 16.9 Å². The first-order chi connectivity index (χ1) is 15.5. The molecule has 1 aliphatic rings. The average molecular weight is 437 g/mol. The molecule has 3 aromatic heterocycles. The van der Waals surface area contributed by atoms with E-state index in [2.05, 4.69) is 15.1 Å². The third kappa shape index (κ3) is 3.70. The molecule has 1 fully saturated rings. The topological polar surface area (TPSA) is 63.9 Å². The summed E-state index contributed by atoms with van der Waals surface area (Å²) in [7, 11) is 0. The first-order valence-electron chi connectivity index (χ1n) is 10.1. The first-order valence-corrected chi connectivity index (χ1v) is 10.1. The number of halogens is 3. The summed E-state index contributed by atoms with van der Waals surface area (Å²) < 4.78 is 41.3. The Morgan fingerprint density at radius 1 is 1.06 bits per heavy atom. The molecule has 0 radical (unpaired) electrons. The number of pyridine rings is 2. The summed E-state index contributed by atoms with van der Waals surface area (Å²) in [6.45, 7) is 1.24. The molecule has 9 heteroatoms. The van der Waals surface area contributed by atoms with Crippen molar-refractivity contribution in [1.82, 2.24) is 24.6 Å². The van der Waals surface area contributed by atoms with Crippen molar-refractivity contribution in [3.8, 4) is 11.1 Å². The lowest BCUT2D eigenvalue weighted by Gasteiger charge is -2.38. The van der Waals surface area contributed by atoms with Crippen molar-refractivity contribution < 1.29 is 18.0 Å². The van der Waals surface area contributed by atoms with Crippen molar-refractivity contribution in [2.24, 2.45) is 0 Å². The average Bonchev–Trinajstić information content (AvgIpc) is 3.15. The Morgan fingerprint density at radius 3 is 2.66 bits per heavy atom. The molecule has 32 heavy (non-hydrogen) atoms. The summed E-state index contributed by atoms with van der Waals surface area (Å²) in [5.74, 6) is -0.799. The van der Waals surface area contributed by atoms with Gasteiger partial charge >= 0.3 is 0 Å². The molecule has 4 heterocycles. The Bertz CT molecular complexity index is 1290. The van der Waals surface area contributed by atoms with Gasteiger partial charge in [0.2, 0.25) is 5.91 Å². The maximum atomic E-state index is 13.6. The van der Waals surface area contributed by atoms with Gasteiger partial charge in [0.1, 0.15) is 17.9 Å². The Kier molecular flexibility index (Phi) is 5.08. The SMILES string of the molecule is O=C(Cn1ncc2ncc(-c3ccc(F)c(C(F)F)c3)cc21)N1CC(c2ccccn2)C1. The van der Waals surface area contributed by atoms with Crippen molar-refractivity contribution in [2.45, 2.75) is 18.9 Å². The first kappa shape index (κ1) is 20.2. The molecule has 162 valence electrons. The highest BCUT2D eigenvalue weighted by atomic mass is 19.3. The number of amides is 1. The molecule has 1 aromatic carbocycles. The minimum Gasteiger partial charge on any atom is -0.340 e. The van der Waals surface area contributed by atoms with Crippen LogP contribution in [0, 0.1) is 5.82 Å². The number of nitrogens with zero attached hydrogens (tertiary/aromatic N) is 5. The van der Waals surface area contributed by atoms with Crippen LogP contribution < -0.4 is 0 Å². The predicted molar refractivity (Wildman–Crippen MR) is 111 cm³/mol. The van der Waals surface area contributed by atoms with Gasteiger partial charge in [0.25, 0.3) is 6.43 Å².